The van der Waals surface area contributed by atoms with Crippen LogP contribution < -0.4 is 21.5 Å². The summed E-state index contributed by atoms with van der Waals surface area (Å²) in [5.41, 5.74) is 12.2. The summed E-state index contributed by atoms with van der Waals surface area (Å²) in [5.74, 6) is -1.90. The first-order valence-electron chi connectivity index (χ1n) is 15.6. The van der Waals surface area contributed by atoms with Crippen LogP contribution in [0.25, 0.3) is 0 Å². The summed E-state index contributed by atoms with van der Waals surface area (Å²) in [6, 6.07) is 2.71. The first kappa shape index (κ1) is 36.0. The molecule has 3 heterocycles. The summed E-state index contributed by atoms with van der Waals surface area (Å²) in [6.45, 7) is 6.07. The van der Waals surface area contributed by atoms with Crippen LogP contribution in [0.3, 0.4) is 0 Å². The molecule has 252 valence electrons. The van der Waals surface area contributed by atoms with Crippen molar-refractivity contribution >= 4 is 39.5 Å². The highest BCUT2D eigenvalue weighted by Crippen LogP contribution is 2.32. The van der Waals surface area contributed by atoms with Crippen molar-refractivity contribution in [2.45, 2.75) is 88.2 Å². The van der Waals surface area contributed by atoms with Gasteiger partial charge in [-0.05, 0) is 82.0 Å². The molecule has 1 amide bonds. The van der Waals surface area contributed by atoms with E-state index in [0.717, 1.165) is 37.8 Å². The minimum Gasteiger partial charge on any atom is -0.480 e. The lowest BCUT2D eigenvalue weighted by molar-refractivity contribution is -0.153. The first-order valence-corrected chi connectivity index (χ1v) is 17.1. The van der Waals surface area contributed by atoms with Gasteiger partial charge in [0, 0.05) is 19.6 Å². The van der Waals surface area contributed by atoms with E-state index in [1.165, 1.54) is 11.0 Å². The highest BCUT2D eigenvalue weighted by molar-refractivity contribution is 7.89. The summed E-state index contributed by atoms with van der Waals surface area (Å²) < 4.78 is 29.5. The van der Waals surface area contributed by atoms with Gasteiger partial charge in [-0.3, -0.25) is 19.5 Å². The van der Waals surface area contributed by atoms with Gasteiger partial charge < -0.3 is 31.9 Å². The first-order chi connectivity index (χ1) is 21.2. The molecule has 3 aliphatic heterocycles. The molecular formula is C30H49N7O7S. The Labute approximate surface area is 265 Å². The number of aliphatic carboxylic acids is 2. The van der Waals surface area contributed by atoms with Gasteiger partial charge in [0.25, 0.3) is 0 Å². The Kier molecular flexibility index (Phi) is 13.0. The van der Waals surface area contributed by atoms with E-state index in [1.54, 1.807) is 6.07 Å². The molecule has 2 saturated heterocycles. The number of rotatable bonds is 10. The maximum Gasteiger partial charge on any atom is 0.326 e. The van der Waals surface area contributed by atoms with Crippen molar-refractivity contribution in [2.24, 2.45) is 28.3 Å². The number of likely N-dealkylation sites (tertiary alicyclic amines) is 2. The number of hydrogen-bond acceptors (Lipinski definition) is 8. The van der Waals surface area contributed by atoms with Crippen molar-refractivity contribution in [1.29, 1.82) is 0 Å². The number of likely N-dealkylation sites (N-methyl/N-ethyl adjacent to an activating group) is 1. The number of carboxylic acids is 2. The van der Waals surface area contributed by atoms with Crippen molar-refractivity contribution in [2.75, 3.05) is 38.5 Å². The SMILES string of the molecule is CC1CNc2c(cccc2S(=O)(=O)NC(CCCN=C(N)N)C(=O)N2CC[C@@H](C)C[C@@H]2C(=O)O)C1.CN1CCCCC1C(=O)O. The van der Waals surface area contributed by atoms with Gasteiger partial charge in [0.1, 0.15) is 23.0 Å². The van der Waals surface area contributed by atoms with Gasteiger partial charge in [-0.15, -0.1) is 0 Å². The lowest BCUT2D eigenvalue weighted by atomic mass is 9.91. The molecule has 0 radical (unpaired) electrons. The number of piperidine rings is 2. The number of carbonyl (C=O) groups excluding carboxylic acids is 1. The molecule has 0 aromatic heterocycles. The van der Waals surface area contributed by atoms with Crippen LogP contribution in [-0.2, 0) is 30.8 Å². The van der Waals surface area contributed by atoms with Gasteiger partial charge in [-0.1, -0.05) is 32.4 Å². The van der Waals surface area contributed by atoms with Crippen LogP contribution >= 0.6 is 0 Å². The molecule has 45 heavy (non-hydrogen) atoms. The molecule has 4 rings (SSSR count). The second-order valence-corrected chi connectivity index (χ2v) is 14.1. The lowest BCUT2D eigenvalue weighted by Gasteiger charge is -2.38. The van der Waals surface area contributed by atoms with E-state index in [9.17, 15) is 27.9 Å². The average Bonchev–Trinajstić information content (AvgIpc) is 2.98. The van der Waals surface area contributed by atoms with Crippen LogP contribution in [0.1, 0.15) is 64.4 Å². The maximum absolute atomic E-state index is 13.5. The number of aliphatic imine (C=N–C) groups is 1. The summed E-state index contributed by atoms with van der Waals surface area (Å²) in [4.78, 5) is 43.1. The third kappa shape index (κ3) is 10.0. The van der Waals surface area contributed by atoms with E-state index in [2.05, 4.69) is 22.0 Å². The third-order valence-electron chi connectivity index (χ3n) is 8.63. The van der Waals surface area contributed by atoms with Crippen LogP contribution in [0, 0.1) is 11.8 Å². The molecule has 5 atom stereocenters. The van der Waals surface area contributed by atoms with Gasteiger partial charge >= 0.3 is 11.9 Å². The van der Waals surface area contributed by atoms with Gasteiger partial charge in [0.05, 0.1) is 5.69 Å². The molecule has 1 aromatic rings. The van der Waals surface area contributed by atoms with Crippen molar-refractivity contribution in [1.82, 2.24) is 14.5 Å². The number of sulfonamides is 1. The second kappa shape index (κ2) is 16.2. The summed E-state index contributed by atoms with van der Waals surface area (Å²) in [6.07, 6.45) is 5.18. The van der Waals surface area contributed by atoms with E-state index < -0.39 is 40.0 Å². The van der Waals surface area contributed by atoms with E-state index in [-0.39, 0.29) is 42.3 Å². The average molecular weight is 652 g/mol. The Morgan fingerprint density at radius 1 is 1.07 bits per heavy atom. The predicted molar refractivity (Wildman–Crippen MR) is 171 cm³/mol. The van der Waals surface area contributed by atoms with Crippen LogP contribution in [0.4, 0.5) is 5.69 Å². The van der Waals surface area contributed by atoms with E-state index in [4.69, 9.17) is 16.6 Å². The zero-order valence-electron chi connectivity index (χ0n) is 26.4. The summed E-state index contributed by atoms with van der Waals surface area (Å²) >= 11 is 0. The van der Waals surface area contributed by atoms with Crippen molar-refractivity contribution in [3.63, 3.8) is 0 Å². The number of anilines is 1. The van der Waals surface area contributed by atoms with Crippen LogP contribution in [0.2, 0.25) is 0 Å². The zero-order chi connectivity index (χ0) is 33.3. The molecule has 0 aliphatic carbocycles. The molecule has 2 fully saturated rings. The topological polar surface area (TPSA) is 221 Å². The largest absolute Gasteiger partial charge is 0.480 e. The number of para-hydroxylation sites is 1. The molecule has 8 N–H and O–H groups in total. The number of hydrogen-bond donors (Lipinski definition) is 6. The van der Waals surface area contributed by atoms with Crippen molar-refractivity contribution < 1.29 is 33.0 Å². The molecule has 14 nitrogen and oxygen atoms in total. The van der Waals surface area contributed by atoms with Crippen LogP contribution in [0.5, 0.6) is 0 Å². The monoisotopic (exact) mass is 651 g/mol. The number of amides is 1. The number of fused-ring (bicyclic) bond motifs is 1. The standard InChI is InChI=1S/C23H36N6O5S.C7H13NO2/c1-14-8-10-29(18(12-14)22(31)32)21(30)17(6-4-9-26-23(24)25)28-35(33,34)19-7-3-5-16-11-15(2)13-27-20(16)19;1-8-5-3-2-4-6(8)7(9)10/h3,5,7,14-15,17-18,27-28H,4,6,8-13H2,1-2H3,(H,31,32)(H4,24,25,26);6H,2-5H2,1H3,(H,9,10)/t14-,15?,17?,18-;/m1./s1. The minimum atomic E-state index is -4.10. The fraction of sp³-hybridized carbons (Fsp3) is 0.667. The highest BCUT2D eigenvalue weighted by Gasteiger charge is 2.39. The summed E-state index contributed by atoms with van der Waals surface area (Å²) in [7, 11) is -2.22. The molecular weight excluding hydrogens is 602 g/mol. The Morgan fingerprint density at radius 3 is 2.40 bits per heavy atom. The van der Waals surface area contributed by atoms with Gasteiger partial charge in [-0.25, -0.2) is 13.2 Å². The molecule has 15 heteroatoms. The normalized spacial score (nSPS) is 24.2. The summed E-state index contributed by atoms with van der Waals surface area (Å²) in [5, 5.41) is 21.6. The van der Waals surface area contributed by atoms with Crippen LogP contribution in [0.15, 0.2) is 28.1 Å². The van der Waals surface area contributed by atoms with E-state index in [1.807, 2.05) is 24.9 Å². The molecule has 1 aromatic carbocycles. The third-order valence-corrected chi connectivity index (χ3v) is 10.1. The highest BCUT2D eigenvalue weighted by atomic mass is 32.2. The molecule has 3 unspecified atom stereocenters. The van der Waals surface area contributed by atoms with Gasteiger partial charge in [-0.2, -0.15) is 4.72 Å². The zero-order valence-corrected chi connectivity index (χ0v) is 27.3. The fourth-order valence-electron chi connectivity index (χ4n) is 6.11. The number of guanidine groups is 1. The number of nitrogens with one attached hydrogen (secondary N) is 2. The van der Waals surface area contributed by atoms with E-state index in [0.29, 0.717) is 37.4 Å². The lowest BCUT2D eigenvalue weighted by Crippen LogP contribution is -2.56. The molecule has 3 aliphatic rings. The maximum atomic E-state index is 13.5. The Hall–Kier alpha value is -3.43. The van der Waals surface area contributed by atoms with Crippen LogP contribution in [-0.4, -0.2) is 104 Å². The van der Waals surface area contributed by atoms with Gasteiger partial charge in [0.15, 0.2) is 5.96 Å². The number of carbonyl (C=O) groups is 3. The van der Waals surface area contributed by atoms with Crippen molar-refractivity contribution in [3.05, 3.63) is 23.8 Å². The number of benzene rings is 1. The Morgan fingerprint density at radius 2 is 1.78 bits per heavy atom. The molecule has 0 saturated carbocycles. The Bertz CT molecular complexity index is 1340. The van der Waals surface area contributed by atoms with E-state index >= 15 is 0 Å². The molecule has 0 spiro atoms. The fourth-order valence-corrected chi connectivity index (χ4v) is 7.56. The smallest absolute Gasteiger partial charge is 0.326 e. The number of nitrogens with two attached hydrogens (primary N) is 2. The Balaban J connectivity index is 0.000000468. The number of carboxylic acid groups (broad SMARTS) is 2. The quantitative estimate of drug-likeness (QED) is 0.120. The molecule has 0 bridgehead atoms. The second-order valence-electron chi connectivity index (χ2n) is 12.4. The van der Waals surface area contributed by atoms with Gasteiger partial charge in [0.2, 0.25) is 15.9 Å². The number of nitrogens with zero attached hydrogens (tertiary/aromatic N) is 3. The predicted octanol–water partition coefficient (Wildman–Crippen LogP) is 1.26. The van der Waals surface area contributed by atoms with Crippen molar-refractivity contribution in [3.8, 4) is 0 Å². The minimum absolute atomic E-state index is 0.0750.